The van der Waals surface area contributed by atoms with Crippen LogP contribution in [0.5, 0.6) is 5.75 Å². The van der Waals surface area contributed by atoms with Crippen LogP contribution in [0.1, 0.15) is 45.7 Å². The summed E-state index contributed by atoms with van der Waals surface area (Å²) in [6.45, 7) is 10.6. The van der Waals surface area contributed by atoms with Crippen LogP contribution in [0.3, 0.4) is 0 Å². The van der Waals surface area contributed by atoms with Crippen molar-refractivity contribution in [3.63, 3.8) is 0 Å². The number of hydrogen-bond donors (Lipinski definition) is 0. The smallest absolute Gasteiger partial charge is 0.489 e. The van der Waals surface area contributed by atoms with Crippen molar-refractivity contribution in [3.05, 3.63) is 59.7 Å². The Bertz CT molecular complexity index is 832. The van der Waals surface area contributed by atoms with Crippen LogP contribution in [0.25, 0.3) is 0 Å². The Morgan fingerprint density at radius 2 is 1.62 bits per heavy atom. The van der Waals surface area contributed by atoms with Gasteiger partial charge >= 0.3 is 13.1 Å². The molecule has 0 amide bonds. The van der Waals surface area contributed by atoms with Gasteiger partial charge in [-0.3, -0.25) is 4.79 Å². The zero-order valence-electron chi connectivity index (χ0n) is 17.9. The SMILES string of the molecule is CCOC(=O)Cc1cccc(B2OC(C)(C)C(C)(C)O2)c1OCc1ccccc1. The quantitative estimate of drug-likeness (QED) is 0.528. The minimum absolute atomic E-state index is 0.130. The molecule has 2 aromatic rings. The van der Waals surface area contributed by atoms with E-state index in [9.17, 15) is 4.79 Å². The molecule has 154 valence electrons. The molecule has 1 heterocycles. The van der Waals surface area contributed by atoms with Crippen LogP contribution in [0.15, 0.2) is 48.5 Å². The van der Waals surface area contributed by atoms with Crippen LogP contribution in [0.2, 0.25) is 0 Å². The average molecular weight is 396 g/mol. The summed E-state index contributed by atoms with van der Waals surface area (Å²) in [5.41, 5.74) is 1.64. The number of rotatable bonds is 7. The monoisotopic (exact) mass is 396 g/mol. The Morgan fingerprint density at radius 1 is 0.966 bits per heavy atom. The fourth-order valence-electron chi connectivity index (χ4n) is 3.17. The second kappa shape index (κ2) is 8.60. The van der Waals surface area contributed by atoms with Gasteiger partial charge in [0.05, 0.1) is 24.2 Å². The van der Waals surface area contributed by atoms with Crippen LogP contribution < -0.4 is 10.2 Å². The second-order valence-electron chi connectivity index (χ2n) is 8.18. The zero-order chi connectivity index (χ0) is 21.1. The van der Waals surface area contributed by atoms with Crippen LogP contribution in [0.4, 0.5) is 0 Å². The lowest BCUT2D eigenvalue weighted by Crippen LogP contribution is -2.41. The molecule has 5 nitrogen and oxygen atoms in total. The number of ether oxygens (including phenoxy) is 2. The van der Waals surface area contributed by atoms with Gasteiger partial charge in [-0.2, -0.15) is 0 Å². The topological polar surface area (TPSA) is 54.0 Å². The van der Waals surface area contributed by atoms with E-state index >= 15 is 0 Å². The van der Waals surface area contributed by atoms with Gasteiger partial charge in [0.2, 0.25) is 0 Å². The first-order valence-electron chi connectivity index (χ1n) is 10.0. The number of carbonyl (C=O) groups is 1. The maximum atomic E-state index is 12.1. The molecule has 0 atom stereocenters. The Kier molecular flexibility index (Phi) is 6.34. The van der Waals surface area contributed by atoms with Gasteiger partial charge in [-0.25, -0.2) is 0 Å². The zero-order valence-corrected chi connectivity index (χ0v) is 17.9. The number of para-hydroxylation sites is 1. The largest absolute Gasteiger partial charge is 0.498 e. The highest BCUT2D eigenvalue weighted by atomic mass is 16.7. The minimum atomic E-state index is -0.576. The highest BCUT2D eigenvalue weighted by molar-refractivity contribution is 6.63. The van der Waals surface area contributed by atoms with Crippen molar-refractivity contribution >= 4 is 18.6 Å². The van der Waals surface area contributed by atoms with E-state index < -0.39 is 18.3 Å². The van der Waals surface area contributed by atoms with Crippen molar-refractivity contribution in [1.82, 2.24) is 0 Å². The summed E-state index contributed by atoms with van der Waals surface area (Å²) >= 11 is 0. The summed E-state index contributed by atoms with van der Waals surface area (Å²) in [5.74, 6) is 0.325. The summed E-state index contributed by atoms with van der Waals surface area (Å²) < 4.78 is 23.8. The third kappa shape index (κ3) is 4.82. The van der Waals surface area contributed by atoms with E-state index in [-0.39, 0.29) is 12.4 Å². The van der Waals surface area contributed by atoms with E-state index in [0.717, 1.165) is 16.6 Å². The maximum Gasteiger partial charge on any atom is 0.498 e. The van der Waals surface area contributed by atoms with Crippen molar-refractivity contribution < 1.29 is 23.6 Å². The van der Waals surface area contributed by atoms with Crippen LogP contribution in [-0.4, -0.2) is 30.9 Å². The van der Waals surface area contributed by atoms with Gasteiger partial charge < -0.3 is 18.8 Å². The Labute approximate surface area is 173 Å². The fourth-order valence-corrected chi connectivity index (χ4v) is 3.17. The molecule has 0 aliphatic carbocycles. The lowest BCUT2D eigenvalue weighted by molar-refractivity contribution is -0.142. The highest BCUT2D eigenvalue weighted by Crippen LogP contribution is 2.37. The molecule has 1 saturated heterocycles. The minimum Gasteiger partial charge on any atom is -0.489 e. The van der Waals surface area contributed by atoms with Gasteiger partial charge in [-0.05, 0) is 40.2 Å². The maximum absolute atomic E-state index is 12.1. The number of hydrogen-bond acceptors (Lipinski definition) is 5. The molecule has 0 bridgehead atoms. The molecular formula is C23H29BO5. The van der Waals surface area contributed by atoms with E-state index in [4.69, 9.17) is 18.8 Å². The van der Waals surface area contributed by atoms with Crippen LogP contribution >= 0.6 is 0 Å². The van der Waals surface area contributed by atoms with Crippen LogP contribution in [0, 0.1) is 0 Å². The van der Waals surface area contributed by atoms with Gasteiger partial charge in [0.1, 0.15) is 12.4 Å². The highest BCUT2D eigenvalue weighted by Gasteiger charge is 2.52. The fraction of sp³-hybridized carbons (Fsp3) is 0.435. The standard InChI is InChI=1S/C23H29BO5/c1-6-26-20(25)15-18-13-10-14-19(24-28-22(2,3)23(4,5)29-24)21(18)27-16-17-11-8-7-9-12-17/h7-14H,6,15-16H2,1-5H3. The molecule has 29 heavy (non-hydrogen) atoms. The molecule has 2 aromatic carbocycles. The van der Waals surface area contributed by atoms with Crippen LogP contribution in [-0.2, 0) is 31.9 Å². The second-order valence-corrected chi connectivity index (χ2v) is 8.18. The van der Waals surface area contributed by atoms with Crippen molar-refractivity contribution in [1.29, 1.82) is 0 Å². The molecule has 0 spiro atoms. The molecule has 0 unspecified atom stereocenters. The lowest BCUT2D eigenvalue weighted by Gasteiger charge is -2.32. The van der Waals surface area contributed by atoms with Crippen molar-refractivity contribution in [3.8, 4) is 5.75 Å². The number of benzene rings is 2. The molecule has 6 heteroatoms. The van der Waals surface area contributed by atoms with E-state index in [1.165, 1.54) is 0 Å². The van der Waals surface area contributed by atoms with Crippen molar-refractivity contribution in [2.75, 3.05) is 6.61 Å². The van der Waals surface area contributed by atoms with Gasteiger partial charge in [0, 0.05) is 11.0 Å². The molecule has 0 radical (unpaired) electrons. The first-order valence-corrected chi connectivity index (χ1v) is 10.0. The van der Waals surface area contributed by atoms with E-state index in [1.807, 2.05) is 76.2 Å². The van der Waals surface area contributed by atoms with Crippen molar-refractivity contribution in [2.45, 2.75) is 58.8 Å². The Hall–Kier alpha value is -2.31. The number of carbonyl (C=O) groups excluding carboxylic acids is 1. The third-order valence-electron chi connectivity index (χ3n) is 5.50. The van der Waals surface area contributed by atoms with Gasteiger partial charge in [0.25, 0.3) is 0 Å². The summed E-state index contributed by atoms with van der Waals surface area (Å²) in [7, 11) is -0.576. The predicted molar refractivity (Wildman–Crippen MR) is 113 cm³/mol. The Morgan fingerprint density at radius 3 is 2.24 bits per heavy atom. The Balaban J connectivity index is 1.93. The normalized spacial score (nSPS) is 17.2. The molecule has 1 fully saturated rings. The lowest BCUT2D eigenvalue weighted by atomic mass is 9.77. The first-order chi connectivity index (χ1) is 13.7. The van der Waals surface area contributed by atoms with E-state index in [0.29, 0.717) is 19.0 Å². The average Bonchev–Trinajstić information content (AvgIpc) is 2.89. The van der Waals surface area contributed by atoms with Gasteiger partial charge in [-0.15, -0.1) is 0 Å². The summed E-state index contributed by atoms with van der Waals surface area (Å²) in [4.78, 5) is 12.1. The molecule has 0 aromatic heterocycles. The van der Waals surface area contributed by atoms with E-state index in [2.05, 4.69) is 0 Å². The molecule has 1 aliphatic rings. The molecule has 1 aliphatic heterocycles. The summed E-state index contributed by atoms with van der Waals surface area (Å²) in [5, 5.41) is 0. The number of esters is 1. The van der Waals surface area contributed by atoms with Gasteiger partial charge in [-0.1, -0.05) is 48.5 Å². The van der Waals surface area contributed by atoms with Gasteiger partial charge in [0.15, 0.2) is 0 Å². The molecular weight excluding hydrogens is 367 g/mol. The predicted octanol–water partition coefficient (Wildman–Crippen LogP) is 3.67. The van der Waals surface area contributed by atoms with E-state index in [1.54, 1.807) is 6.92 Å². The summed E-state index contributed by atoms with van der Waals surface area (Å²) in [6, 6.07) is 15.6. The first kappa shape index (κ1) is 21.4. The molecule has 0 saturated carbocycles. The third-order valence-corrected chi connectivity index (χ3v) is 5.50. The van der Waals surface area contributed by atoms with Crippen molar-refractivity contribution in [2.24, 2.45) is 0 Å². The molecule has 0 N–H and O–H groups in total. The molecule has 3 rings (SSSR count). The summed E-state index contributed by atoms with van der Waals surface area (Å²) in [6.07, 6.45) is 0.130.